The van der Waals surface area contributed by atoms with E-state index in [1.165, 1.54) is 0 Å². The summed E-state index contributed by atoms with van der Waals surface area (Å²) in [5, 5.41) is 8.82. The lowest BCUT2D eigenvalue weighted by atomic mass is 10.0. The van der Waals surface area contributed by atoms with Crippen LogP contribution in [0.1, 0.15) is 27.2 Å². The molecule has 1 aliphatic heterocycles. The molecule has 2 atom stereocenters. The zero-order chi connectivity index (χ0) is 14.3. The molecule has 0 aromatic heterocycles. The van der Waals surface area contributed by atoms with Crippen molar-refractivity contribution in [3.05, 3.63) is 0 Å². The van der Waals surface area contributed by atoms with Gasteiger partial charge in [-0.3, -0.25) is 9.59 Å². The molecule has 0 aromatic carbocycles. The van der Waals surface area contributed by atoms with Crippen LogP contribution in [0.25, 0.3) is 0 Å². The second-order valence-corrected chi connectivity index (χ2v) is 5.07. The molecular weight excluding hydrogens is 246 g/mol. The van der Waals surface area contributed by atoms with E-state index in [2.05, 4.69) is 16.0 Å². The first-order chi connectivity index (χ1) is 9.04. The van der Waals surface area contributed by atoms with Gasteiger partial charge in [-0.1, -0.05) is 6.92 Å². The number of ether oxygens (including phenoxy) is 1. The lowest BCUT2D eigenvalue weighted by molar-refractivity contribution is -0.125. The molecule has 0 aromatic rings. The van der Waals surface area contributed by atoms with Crippen molar-refractivity contribution in [1.82, 2.24) is 16.0 Å². The minimum atomic E-state index is -0.159. The molecule has 3 N–H and O–H groups in total. The molecule has 0 saturated carbocycles. The van der Waals surface area contributed by atoms with Crippen LogP contribution in [0.4, 0.5) is 0 Å². The van der Waals surface area contributed by atoms with Gasteiger partial charge in [-0.05, 0) is 20.4 Å². The highest BCUT2D eigenvalue weighted by Gasteiger charge is 2.33. The van der Waals surface area contributed by atoms with Gasteiger partial charge in [-0.2, -0.15) is 0 Å². The molecule has 0 aliphatic carbocycles. The highest BCUT2D eigenvalue weighted by atomic mass is 16.5. The molecule has 19 heavy (non-hydrogen) atoms. The highest BCUT2D eigenvalue weighted by molar-refractivity contribution is 5.81. The number of rotatable bonds is 7. The summed E-state index contributed by atoms with van der Waals surface area (Å²) < 4.78 is 5.32. The average Bonchev–Trinajstić information content (AvgIpc) is 2.76. The number of likely N-dealkylation sites (N-methyl/N-ethyl adjacent to an activating group) is 1. The number of carbonyl (C=O) groups excluding carboxylic acids is 2. The number of hydrogen-bond acceptors (Lipinski definition) is 4. The van der Waals surface area contributed by atoms with Crippen molar-refractivity contribution < 1.29 is 14.3 Å². The van der Waals surface area contributed by atoms with Crippen molar-refractivity contribution in [3.8, 4) is 0 Å². The topological polar surface area (TPSA) is 79.5 Å². The Kier molecular flexibility index (Phi) is 6.80. The zero-order valence-electron chi connectivity index (χ0n) is 12.0. The molecular formula is C13H25N3O3. The van der Waals surface area contributed by atoms with Crippen molar-refractivity contribution in [3.63, 3.8) is 0 Å². The maximum absolute atomic E-state index is 12.0. The minimum Gasteiger partial charge on any atom is -0.379 e. The summed E-state index contributed by atoms with van der Waals surface area (Å²) in [6.07, 6.45) is 0.309. The molecule has 1 saturated heterocycles. The predicted molar refractivity (Wildman–Crippen MR) is 72.7 cm³/mol. The Morgan fingerprint density at radius 2 is 2.05 bits per heavy atom. The van der Waals surface area contributed by atoms with Crippen LogP contribution < -0.4 is 16.0 Å². The Bertz CT molecular complexity index is 308. The van der Waals surface area contributed by atoms with E-state index in [1.54, 1.807) is 0 Å². The molecule has 2 unspecified atom stereocenters. The van der Waals surface area contributed by atoms with E-state index in [4.69, 9.17) is 4.74 Å². The highest BCUT2D eigenvalue weighted by Crippen LogP contribution is 2.13. The lowest BCUT2D eigenvalue weighted by Crippen LogP contribution is -2.44. The Balaban J connectivity index is 2.25. The largest absolute Gasteiger partial charge is 0.379 e. The third-order valence-corrected chi connectivity index (χ3v) is 2.98. The van der Waals surface area contributed by atoms with E-state index in [0.29, 0.717) is 26.2 Å². The summed E-state index contributed by atoms with van der Waals surface area (Å²) >= 11 is 0. The summed E-state index contributed by atoms with van der Waals surface area (Å²) in [7, 11) is 0. The standard InChI is InChI=1S/C13H25N3O3/c1-4-14-11-8-19-7-10(11)13(18)15-6-5-12(17)16-9(2)3/h9-11,14H,4-8H2,1-3H3,(H,15,18)(H,16,17). The summed E-state index contributed by atoms with van der Waals surface area (Å²) in [5.41, 5.74) is 0. The summed E-state index contributed by atoms with van der Waals surface area (Å²) in [4.78, 5) is 23.4. The van der Waals surface area contributed by atoms with E-state index in [0.717, 1.165) is 6.54 Å². The SMILES string of the molecule is CCNC1COCC1C(=O)NCCC(=O)NC(C)C. The van der Waals surface area contributed by atoms with Crippen molar-refractivity contribution in [2.75, 3.05) is 26.3 Å². The van der Waals surface area contributed by atoms with Crippen molar-refractivity contribution >= 4 is 11.8 Å². The number of carbonyl (C=O) groups is 2. The first-order valence-electron chi connectivity index (χ1n) is 6.92. The molecule has 6 heteroatoms. The fourth-order valence-electron chi connectivity index (χ4n) is 2.10. The van der Waals surface area contributed by atoms with Crippen LogP contribution in [-0.2, 0) is 14.3 Å². The van der Waals surface area contributed by atoms with Gasteiger partial charge in [0.05, 0.1) is 19.1 Å². The molecule has 2 amide bonds. The number of nitrogens with one attached hydrogen (secondary N) is 3. The Labute approximate surface area is 114 Å². The summed E-state index contributed by atoms with van der Waals surface area (Å²) in [6, 6.07) is 0.207. The molecule has 110 valence electrons. The predicted octanol–water partition coefficient (Wildman–Crippen LogP) is -0.358. The van der Waals surface area contributed by atoms with Gasteiger partial charge in [0.25, 0.3) is 0 Å². The van der Waals surface area contributed by atoms with Crippen molar-refractivity contribution in [2.45, 2.75) is 39.3 Å². The fraction of sp³-hybridized carbons (Fsp3) is 0.846. The molecule has 1 rings (SSSR count). The molecule has 1 heterocycles. The third-order valence-electron chi connectivity index (χ3n) is 2.98. The second-order valence-electron chi connectivity index (χ2n) is 5.07. The van der Waals surface area contributed by atoms with Gasteiger partial charge in [0.15, 0.2) is 0 Å². The van der Waals surface area contributed by atoms with Crippen LogP contribution in [0.5, 0.6) is 0 Å². The Hall–Kier alpha value is -1.14. The van der Waals surface area contributed by atoms with Crippen LogP contribution in [0.3, 0.4) is 0 Å². The van der Waals surface area contributed by atoms with Gasteiger partial charge in [-0.15, -0.1) is 0 Å². The molecule has 6 nitrogen and oxygen atoms in total. The molecule has 0 spiro atoms. The van der Waals surface area contributed by atoms with Gasteiger partial charge < -0.3 is 20.7 Å². The van der Waals surface area contributed by atoms with E-state index < -0.39 is 0 Å². The fourth-order valence-corrected chi connectivity index (χ4v) is 2.10. The van der Waals surface area contributed by atoms with E-state index in [-0.39, 0.29) is 29.8 Å². The second kappa shape index (κ2) is 8.12. The lowest BCUT2D eigenvalue weighted by Gasteiger charge is -2.17. The van der Waals surface area contributed by atoms with Crippen molar-refractivity contribution in [1.29, 1.82) is 0 Å². The summed E-state index contributed by atoms with van der Waals surface area (Å²) in [5.74, 6) is -0.241. The number of hydrogen-bond donors (Lipinski definition) is 3. The van der Waals surface area contributed by atoms with Crippen molar-refractivity contribution in [2.24, 2.45) is 5.92 Å². The molecule has 0 bridgehead atoms. The van der Waals surface area contributed by atoms with Gasteiger partial charge in [0.2, 0.25) is 11.8 Å². The van der Waals surface area contributed by atoms with Gasteiger partial charge >= 0.3 is 0 Å². The number of amides is 2. The first kappa shape index (κ1) is 15.9. The van der Waals surface area contributed by atoms with E-state index >= 15 is 0 Å². The summed E-state index contributed by atoms with van der Waals surface area (Å²) in [6.45, 7) is 8.02. The van der Waals surface area contributed by atoms with Crippen LogP contribution >= 0.6 is 0 Å². The molecule has 1 fully saturated rings. The first-order valence-corrected chi connectivity index (χ1v) is 6.92. The normalized spacial score (nSPS) is 22.5. The molecule has 1 aliphatic rings. The van der Waals surface area contributed by atoms with Gasteiger partial charge in [-0.25, -0.2) is 0 Å². The van der Waals surface area contributed by atoms with Crippen LogP contribution in [0.2, 0.25) is 0 Å². The maximum Gasteiger partial charge on any atom is 0.227 e. The monoisotopic (exact) mass is 271 g/mol. The smallest absolute Gasteiger partial charge is 0.227 e. The maximum atomic E-state index is 12.0. The van der Waals surface area contributed by atoms with Crippen LogP contribution in [0, 0.1) is 5.92 Å². The Morgan fingerprint density at radius 1 is 1.32 bits per heavy atom. The van der Waals surface area contributed by atoms with Gasteiger partial charge in [0.1, 0.15) is 0 Å². The quantitative estimate of drug-likeness (QED) is 0.591. The van der Waals surface area contributed by atoms with E-state index in [9.17, 15) is 9.59 Å². The van der Waals surface area contributed by atoms with Crippen LogP contribution in [0.15, 0.2) is 0 Å². The zero-order valence-corrected chi connectivity index (χ0v) is 12.0. The van der Waals surface area contributed by atoms with Crippen LogP contribution in [-0.4, -0.2) is 50.2 Å². The molecule has 0 radical (unpaired) electrons. The van der Waals surface area contributed by atoms with Gasteiger partial charge in [0, 0.05) is 25.0 Å². The Morgan fingerprint density at radius 3 is 2.68 bits per heavy atom. The average molecular weight is 271 g/mol. The van der Waals surface area contributed by atoms with E-state index in [1.807, 2.05) is 20.8 Å². The third kappa shape index (κ3) is 5.57. The minimum absolute atomic E-state index is 0.0406.